The van der Waals surface area contributed by atoms with Gasteiger partial charge in [0.25, 0.3) is 5.91 Å². The molecule has 2 aromatic carbocycles. The molecule has 0 saturated heterocycles. The van der Waals surface area contributed by atoms with Gasteiger partial charge in [-0.15, -0.1) is 0 Å². The molecule has 1 aliphatic heterocycles. The first kappa shape index (κ1) is 21.0. The fourth-order valence-corrected chi connectivity index (χ4v) is 3.12. The predicted molar refractivity (Wildman–Crippen MR) is 109 cm³/mol. The van der Waals surface area contributed by atoms with E-state index < -0.39 is 6.29 Å². The number of aliphatic hydroxyl groups is 1. The van der Waals surface area contributed by atoms with Crippen LogP contribution in [0.3, 0.4) is 0 Å². The highest BCUT2D eigenvalue weighted by Crippen LogP contribution is 2.31. The summed E-state index contributed by atoms with van der Waals surface area (Å²) in [6.07, 6.45) is 1.93. The Morgan fingerprint density at radius 1 is 1.03 bits per heavy atom. The number of carbonyl (C=O) groups excluding carboxylic acids is 1. The Balaban J connectivity index is 1.63. The first-order chi connectivity index (χ1) is 14.3. The number of benzene rings is 2. The second-order valence-electron chi connectivity index (χ2n) is 6.71. The van der Waals surface area contributed by atoms with Crippen LogP contribution >= 0.6 is 0 Å². The summed E-state index contributed by atoms with van der Waals surface area (Å²) in [7, 11) is 0. The molecular formula is C23H27NO5. The van der Waals surface area contributed by atoms with Gasteiger partial charge >= 0.3 is 0 Å². The predicted octanol–water partition coefficient (Wildman–Crippen LogP) is 2.74. The molecule has 3 rings (SSSR count). The van der Waals surface area contributed by atoms with Crippen molar-refractivity contribution in [2.45, 2.75) is 25.2 Å². The highest BCUT2D eigenvalue weighted by atomic mass is 16.7. The van der Waals surface area contributed by atoms with Crippen molar-refractivity contribution in [3.63, 3.8) is 0 Å². The van der Waals surface area contributed by atoms with Gasteiger partial charge in [0.05, 0.1) is 26.4 Å². The lowest BCUT2D eigenvalue weighted by molar-refractivity contribution is -0.151. The normalized spacial score (nSPS) is 18.6. The second kappa shape index (κ2) is 11.4. The zero-order valence-corrected chi connectivity index (χ0v) is 16.3. The molecule has 0 radical (unpaired) electrons. The van der Waals surface area contributed by atoms with Crippen LogP contribution in [-0.4, -0.2) is 43.7 Å². The van der Waals surface area contributed by atoms with Crippen LogP contribution < -0.4 is 5.32 Å². The molecule has 0 spiro atoms. The molecule has 2 N–H and O–H groups in total. The standard InChI is InChI=1S/C23H27NO5/c25-11-12-27-13-14-28-22-16-20(19-9-5-2-6-10-19)15-21(29-22)23(26)24-17-18-7-3-1-4-8-18/h1-10,15,20,22,25H,11-14,16-17H2,(H,24,26). The van der Waals surface area contributed by atoms with Crippen molar-refractivity contribution in [1.82, 2.24) is 5.32 Å². The van der Waals surface area contributed by atoms with Gasteiger partial charge in [-0.25, -0.2) is 0 Å². The first-order valence-electron chi connectivity index (χ1n) is 9.82. The summed E-state index contributed by atoms with van der Waals surface area (Å²) in [6, 6.07) is 19.7. The van der Waals surface area contributed by atoms with Crippen molar-refractivity contribution >= 4 is 5.91 Å². The molecule has 1 aliphatic rings. The number of aliphatic hydroxyl groups excluding tert-OH is 1. The third-order valence-corrected chi connectivity index (χ3v) is 4.57. The number of hydrogen-bond donors (Lipinski definition) is 2. The number of amides is 1. The van der Waals surface area contributed by atoms with Gasteiger partial charge < -0.3 is 24.6 Å². The average molecular weight is 397 g/mol. The molecule has 154 valence electrons. The van der Waals surface area contributed by atoms with Crippen molar-refractivity contribution in [1.29, 1.82) is 0 Å². The van der Waals surface area contributed by atoms with Crippen LogP contribution in [0.4, 0.5) is 0 Å². The van der Waals surface area contributed by atoms with Crippen LogP contribution in [0, 0.1) is 0 Å². The molecule has 6 nitrogen and oxygen atoms in total. The number of carbonyl (C=O) groups is 1. The van der Waals surface area contributed by atoms with Crippen LogP contribution in [0.15, 0.2) is 72.5 Å². The molecular weight excluding hydrogens is 370 g/mol. The minimum absolute atomic E-state index is 0.0192. The molecule has 29 heavy (non-hydrogen) atoms. The van der Waals surface area contributed by atoms with E-state index in [1.54, 1.807) is 0 Å². The Morgan fingerprint density at radius 2 is 1.76 bits per heavy atom. The summed E-state index contributed by atoms with van der Waals surface area (Å²) in [4.78, 5) is 12.7. The third-order valence-electron chi connectivity index (χ3n) is 4.57. The van der Waals surface area contributed by atoms with Crippen LogP contribution in [-0.2, 0) is 25.5 Å². The van der Waals surface area contributed by atoms with E-state index in [4.69, 9.17) is 19.3 Å². The minimum Gasteiger partial charge on any atom is -0.459 e. The summed E-state index contributed by atoms with van der Waals surface area (Å²) in [5.74, 6) is 0.0210. The fourth-order valence-electron chi connectivity index (χ4n) is 3.12. The molecule has 0 aromatic heterocycles. The molecule has 1 heterocycles. The molecule has 0 aliphatic carbocycles. The number of hydrogen-bond acceptors (Lipinski definition) is 5. The van der Waals surface area contributed by atoms with Crippen LogP contribution in [0.5, 0.6) is 0 Å². The summed E-state index contributed by atoms with van der Waals surface area (Å²) in [5, 5.41) is 11.7. The zero-order chi connectivity index (χ0) is 20.3. The molecule has 2 unspecified atom stereocenters. The maximum absolute atomic E-state index is 12.7. The smallest absolute Gasteiger partial charge is 0.286 e. The maximum atomic E-state index is 12.7. The molecule has 2 aromatic rings. The van der Waals surface area contributed by atoms with E-state index in [1.165, 1.54) is 0 Å². The lowest BCUT2D eigenvalue weighted by atomic mass is 9.93. The van der Waals surface area contributed by atoms with Crippen LogP contribution in [0.25, 0.3) is 0 Å². The highest BCUT2D eigenvalue weighted by molar-refractivity contribution is 5.91. The van der Waals surface area contributed by atoms with Crippen molar-refractivity contribution in [2.24, 2.45) is 0 Å². The highest BCUT2D eigenvalue weighted by Gasteiger charge is 2.28. The van der Waals surface area contributed by atoms with Gasteiger partial charge in [0.2, 0.25) is 6.29 Å². The summed E-state index contributed by atoms with van der Waals surface area (Å²) >= 11 is 0. The topological polar surface area (TPSA) is 77.0 Å². The van der Waals surface area contributed by atoms with Crippen molar-refractivity contribution in [3.8, 4) is 0 Å². The first-order valence-corrected chi connectivity index (χ1v) is 9.82. The summed E-state index contributed by atoms with van der Waals surface area (Å²) in [6.45, 7) is 1.36. The number of rotatable bonds is 10. The largest absolute Gasteiger partial charge is 0.459 e. The van der Waals surface area contributed by atoms with Gasteiger partial charge in [0.15, 0.2) is 5.76 Å². The van der Waals surface area contributed by atoms with Crippen molar-refractivity contribution < 1.29 is 24.1 Å². The van der Waals surface area contributed by atoms with Gasteiger partial charge in [-0.05, 0) is 17.2 Å². The lowest BCUT2D eigenvalue weighted by Gasteiger charge is -2.29. The van der Waals surface area contributed by atoms with Gasteiger partial charge in [0, 0.05) is 18.9 Å². The number of allylic oxidation sites excluding steroid dienone is 1. The van der Waals surface area contributed by atoms with Crippen molar-refractivity contribution in [2.75, 3.05) is 26.4 Å². The van der Waals surface area contributed by atoms with E-state index in [2.05, 4.69) is 5.32 Å². The lowest BCUT2D eigenvalue weighted by Crippen LogP contribution is -2.33. The molecule has 1 amide bonds. The van der Waals surface area contributed by atoms with E-state index in [0.717, 1.165) is 11.1 Å². The summed E-state index contributed by atoms with van der Waals surface area (Å²) < 4.78 is 16.8. The van der Waals surface area contributed by atoms with Gasteiger partial charge in [-0.1, -0.05) is 60.7 Å². The Bertz CT molecular complexity index is 778. The van der Waals surface area contributed by atoms with E-state index in [-0.39, 0.29) is 30.8 Å². The molecule has 0 saturated carbocycles. The Morgan fingerprint density at radius 3 is 2.48 bits per heavy atom. The minimum atomic E-state index is -0.541. The quantitative estimate of drug-likeness (QED) is 0.603. The Hall–Kier alpha value is -2.67. The fraction of sp³-hybridized carbons (Fsp3) is 0.348. The van der Waals surface area contributed by atoms with Gasteiger partial charge in [0.1, 0.15) is 0 Å². The number of ether oxygens (including phenoxy) is 3. The monoisotopic (exact) mass is 397 g/mol. The van der Waals surface area contributed by atoms with Gasteiger partial charge in [-0.2, -0.15) is 0 Å². The SMILES string of the molecule is O=C(NCc1ccccc1)C1=CC(c2ccccc2)CC(OCCOCCO)O1. The van der Waals surface area contributed by atoms with Gasteiger partial charge in [-0.3, -0.25) is 4.79 Å². The van der Waals surface area contributed by atoms with E-state index in [9.17, 15) is 4.79 Å². The Kier molecular flexibility index (Phi) is 8.25. The average Bonchev–Trinajstić information content (AvgIpc) is 2.78. The maximum Gasteiger partial charge on any atom is 0.286 e. The Labute approximate surface area is 171 Å². The molecule has 0 bridgehead atoms. The van der Waals surface area contributed by atoms with Crippen LogP contribution in [0.1, 0.15) is 23.5 Å². The van der Waals surface area contributed by atoms with E-state index >= 15 is 0 Å². The zero-order valence-electron chi connectivity index (χ0n) is 16.3. The van der Waals surface area contributed by atoms with E-state index in [1.807, 2.05) is 66.7 Å². The van der Waals surface area contributed by atoms with Crippen LogP contribution in [0.2, 0.25) is 0 Å². The molecule has 6 heteroatoms. The van der Waals surface area contributed by atoms with E-state index in [0.29, 0.717) is 26.2 Å². The van der Waals surface area contributed by atoms with Crippen molar-refractivity contribution in [3.05, 3.63) is 83.6 Å². The molecule has 2 atom stereocenters. The summed E-state index contributed by atoms with van der Waals surface area (Å²) in [5.41, 5.74) is 2.12. The second-order valence-corrected chi connectivity index (χ2v) is 6.71. The third kappa shape index (κ3) is 6.71. The molecule has 0 fully saturated rings. The number of nitrogens with one attached hydrogen (secondary N) is 1.